The van der Waals surface area contributed by atoms with E-state index in [2.05, 4.69) is 0 Å². The summed E-state index contributed by atoms with van der Waals surface area (Å²) in [6.45, 7) is -0.345. The smallest absolute Gasteiger partial charge is 0.338 e. The van der Waals surface area contributed by atoms with Crippen molar-refractivity contribution in [1.29, 1.82) is 0 Å². The number of esters is 1. The molecule has 0 amide bonds. The van der Waals surface area contributed by atoms with Crippen molar-refractivity contribution >= 4 is 11.8 Å². The molecule has 0 atom stereocenters. The van der Waals surface area contributed by atoms with E-state index < -0.39 is 35.6 Å². The predicted octanol–water partition coefficient (Wildman–Crippen LogP) is 3.15. The zero-order valence-corrected chi connectivity index (χ0v) is 12.3. The Balaban J connectivity index is 2.02. The van der Waals surface area contributed by atoms with Gasteiger partial charge >= 0.3 is 5.97 Å². The molecule has 4 nitrogen and oxygen atoms in total. The maximum absolute atomic E-state index is 13.5. The van der Waals surface area contributed by atoms with E-state index in [1.54, 1.807) is 18.2 Å². The molecule has 0 saturated heterocycles. The molecule has 0 aliphatic heterocycles. The van der Waals surface area contributed by atoms with Gasteiger partial charge in [0.15, 0.2) is 6.61 Å². The minimum Gasteiger partial charge on any atom is -0.454 e. The number of methoxy groups -OCH3 is 1. The van der Waals surface area contributed by atoms with Gasteiger partial charge in [0, 0.05) is 7.11 Å². The van der Waals surface area contributed by atoms with Crippen LogP contribution in [-0.4, -0.2) is 25.5 Å². The fraction of sp³-hybridized carbons (Fsp3) is 0.176. The first-order valence-electron chi connectivity index (χ1n) is 6.74. The number of carbonyl (C=O) groups is 2. The highest BCUT2D eigenvalue weighted by Gasteiger charge is 2.16. The summed E-state index contributed by atoms with van der Waals surface area (Å²) in [5.74, 6) is -3.15. The summed E-state index contributed by atoms with van der Waals surface area (Å²) in [5, 5.41) is 0. The first kappa shape index (κ1) is 16.8. The Kier molecular flexibility index (Phi) is 5.54. The Morgan fingerprint density at radius 3 is 2.61 bits per heavy atom. The van der Waals surface area contributed by atoms with Gasteiger partial charge in [-0.3, -0.25) is 4.79 Å². The number of ketones is 1. The highest BCUT2D eigenvalue weighted by atomic mass is 19.1. The maximum Gasteiger partial charge on any atom is 0.338 e. The number of halogens is 2. The zero-order valence-electron chi connectivity index (χ0n) is 12.3. The molecule has 0 radical (unpaired) electrons. The lowest BCUT2D eigenvalue weighted by Crippen LogP contribution is -2.15. The van der Waals surface area contributed by atoms with Crippen LogP contribution in [0.3, 0.4) is 0 Å². The Hall–Kier alpha value is -2.60. The van der Waals surface area contributed by atoms with Gasteiger partial charge < -0.3 is 9.47 Å². The third-order valence-corrected chi connectivity index (χ3v) is 3.04. The van der Waals surface area contributed by atoms with E-state index in [1.807, 2.05) is 0 Å². The Morgan fingerprint density at radius 1 is 1.09 bits per heavy atom. The molecule has 0 saturated carbocycles. The van der Waals surface area contributed by atoms with Gasteiger partial charge in [-0.15, -0.1) is 0 Å². The van der Waals surface area contributed by atoms with E-state index in [0.717, 1.165) is 23.8 Å². The topological polar surface area (TPSA) is 52.6 Å². The molecule has 120 valence electrons. The quantitative estimate of drug-likeness (QED) is 0.606. The Bertz CT molecular complexity index is 728. The van der Waals surface area contributed by atoms with E-state index in [9.17, 15) is 18.4 Å². The summed E-state index contributed by atoms with van der Waals surface area (Å²) in [4.78, 5) is 23.7. The van der Waals surface area contributed by atoms with Gasteiger partial charge in [-0.1, -0.05) is 12.1 Å². The van der Waals surface area contributed by atoms with E-state index in [-0.39, 0.29) is 5.56 Å². The minimum absolute atomic E-state index is 0.243. The van der Waals surface area contributed by atoms with Gasteiger partial charge in [-0.05, 0) is 35.9 Å². The summed E-state index contributed by atoms with van der Waals surface area (Å²) in [5.41, 5.74) is 0.558. The monoisotopic (exact) mass is 320 g/mol. The molecule has 0 spiro atoms. The molecule has 0 N–H and O–H groups in total. The molecule has 0 unspecified atom stereocenters. The van der Waals surface area contributed by atoms with E-state index >= 15 is 0 Å². The number of carbonyl (C=O) groups excluding carboxylic acids is 2. The molecule has 0 bridgehead atoms. The fourth-order valence-corrected chi connectivity index (χ4v) is 1.96. The van der Waals surface area contributed by atoms with Crippen LogP contribution in [0.15, 0.2) is 42.5 Å². The van der Waals surface area contributed by atoms with Crippen LogP contribution in [0.2, 0.25) is 0 Å². The molecule has 0 aliphatic rings. The lowest BCUT2D eigenvalue weighted by atomic mass is 10.1. The highest BCUT2D eigenvalue weighted by molar-refractivity contribution is 5.99. The fourth-order valence-electron chi connectivity index (χ4n) is 1.96. The number of benzene rings is 2. The average molecular weight is 320 g/mol. The highest BCUT2D eigenvalue weighted by Crippen LogP contribution is 2.12. The summed E-state index contributed by atoms with van der Waals surface area (Å²) >= 11 is 0. The normalized spacial score (nSPS) is 10.4. The van der Waals surface area contributed by atoms with Crippen LogP contribution < -0.4 is 0 Å². The molecule has 0 aliphatic carbocycles. The van der Waals surface area contributed by atoms with E-state index in [1.165, 1.54) is 13.2 Å². The van der Waals surface area contributed by atoms with E-state index in [4.69, 9.17) is 9.47 Å². The molecular weight excluding hydrogens is 306 g/mol. The van der Waals surface area contributed by atoms with Gasteiger partial charge in [0.2, 0.25) is 5.78 Å². The molecular formula is C17H14F2O4. The van der Waals surface area contributed by atoms with E-state index in [0.29, 0.717) is 6.61 Å². The first-order chi connectivity index (χ1) is 11.0. The number of ether oxygens (including phenoxy) is 2. The lowest BCUT2D eigenvalue weighted by Gasteiger charge is -2.07. The molecule has 0 heterocycles. The van der Waals surface area contributed by atoms with Crippen LogP contribution in [0, 0.1) is 11.6 Å². The first-order valence-corrected chi connectivity index (χ1v) is 6.74. The van der Waals surface area contributed by atoms with Crippen LogP contribution >= 0.6 is 0 Å². The molecule has 0 aromatic heterocycles. The van der Waals surface area contributed by atoms with Crippen molar-refractivity contribution in [3.05, 3.63) is 70.8 Å². The predicted molar refractivity (Wildman–Crippen MR) is 78.1 cm³/mol. The van der Waals surface area contributed by atoms with Crippen molar-refractivity contribution in [3.8, 4) is 0 Å². The second-order valence-corrected chi connectivity index (χ2v) is 4.76. The molecule has 6 heteroatoms. The van der Waals surface area contributed by atoms with Gasteiger partial charge in [0.05, 0.1) is 17.7 Å². The second kappa shape index (κ2) is 7.60. The van der Waals surface area contributed by atoms with Crippen LogP contribution in [0.4, 0.5) is 8.78 Å². The number of Topliss-reactive ketones (excluding diaryl/α,β-unsaturated/α-hetero) is 1. The molecule has 23 heavy (non-hydrogen) atoms. The number of hydrogen-bond donors (Lipinski definition) is 0. The molecule has 2 aromatic carbocycles. The average Bonchev–Trinajstić information content (AvgIpc) is 2.55. The van der Waals surface area contributed by atoms with Crippen LogP contribution in [0.25, 0.3) is 0 Å². The van der Waals surface area contributed by atoms with Crippen LogP contribution in [-0.2, 0) is 16.1 Å². The molecule has 0 fully saturated rings. The van der Waals surface area contributed by atoms with Crippen molar-refractivity contribution in [2.75, 3.05) is 13.7 Å². The summed E-state index contributed by atoms with van der Waals surface area (Å²) < 4.78 is 36.3. The SMILES string of the molecule is COCc1cccc(C(=O)OCC(=O)c2cc(F)ccc2F)c1. The zero-order chi connectivity index (χ0) is 16.8. The van der Waals surface area contributed by atoms with Crippen LogP contribution in [0.5, 0.6) is 0 Å². The van der Waals surface area contributed by atoms with Crippen molar-refractivity contribution in [2.45, 2.75) is 6.61 Å². The summed E-state index contributed by atoms with van der Waals surface area (Å²) in [6, 6.07) is 9.03. The van der Waals surface area contributed by atoms with Crippen molar-refractivity contribution < 1.29 is 27.8 Å². The van der Waals surface area contributed by atoms with Crippen molar-refractivity contribution in [1.82, 2.24) is 0 Å². The number of rotatable bonds is 6. The van der Waals surface area contributed by atoms with Gasteiger partial charge in [-0.25, -0.2) is 13.6 Å². The summed E-state index contributed by atoms with van der Waals surface area (Å²) in [7, 11) is 1.52. The largest absolute Gasteiger partial charge is 0.454 e. The van der Waals surface area contributed by atoms with Crippen molar-refractivity contribution in [2.24, 2.45) is 0 Å². The standard InChI is InChI=1S/C17H14F2O4/c1-22-9-11-3-2-4-12(7-11)17(21)23-10-16(20)14-8-13(18)5-6-15(14)19/h2-8H,9-10H2,1H3. The Morgan fingerprint density at radius 2 is 1.87 bits per heavy atom. The third-order valence-electron chi connectivity index (χ3n) is 3.04. The van der Waals surface area contributed by atoms with Gasteiger partial charge in [-0.2, -0.15) is 0 Å². The minimum atomic E-state index is -0.866. The second-order valence-electron chi connectivity index (χ2n) is 4.76. The summed E-state index contributed by atoms with van der Waals surface area (Å²) in [6.07, 6.45) is 0. The maximum atomic E-state index is 13.5. The van der Waals surface area contributed by atoms with Gasteiger partial charge in [0.25, 0.3) is 0 Å². The molecule has 2 aromatic rings. The van der Waals surface area contributed by atoms with Crippen molar-refractivity contribution in [3.63, 3.8) is 0 Å². The van der Waals surface area contributed by atoms with Crippen LogP contribution in [0.1, 0.15) is 26.3 Å². The number of hydrogen-bond acceptors (Lipinski definition) is 4. The van der Waals surface area contributed by atoms with Gasteiger partial charge in [0.1, 0.15) is 11.6 Å². The molecule has 2 rings (SSSR count). The third kappa shape index (κ3) is 4.43. The Labute approximate surface area is 131 Å². The lowest BCUT2D eigenvalue weighted by molar-refractivity contribution is 0.0473.